The zero-order valence-corrected chi connectivity index (χ0v) is 20.2. The molecule has 2 aromatic carbocycles. The molecule has 0 radical (unpaired) electrons. The quantitative estimate of drug-likeness (QED) is 0.297. The van der Waals surface area contributed by atoms with Crippen molar-refractivity contribution in [2.24, 2.45) is 0 Å². The maximum Gasteiger partial charge on any atom is 0.267 e. The number of hydrogen-bond acceptors (Lipinski definition) is 7. The van der Waals surface area contributed by atoms with Crippen LogP contribution < -0.4 is 20.3 Å². The highest BCUT2D eigenvalue weighted by atomic mass is 35.5. The summed E-state index contributed by atoms with van der Waals surface area (Å²) in [6, 6.07) is 13.8. The number of aryl methyl sites for hydroxylation is 1. The first-order chi connectivity index (χ1) is 16.4. The van der Waals surface area contributed by atoms with Crippen LogP contribution in [0.3, 0.4) is 0 Å². The van der Waals surface area contributed by atoms with Gasteiger partial charge in [-0.3, -0.25) is 9.59 Å². The van der Waals surface area contributed by atoms with Gasteiger partial charge in [0.25, 0.3) is 5.56 Å². The molecule has 1 N–H and O–H groups in total. The molecule has 0 unspecified atom stereocenters. The standard InChI is InChI=1S/C24H21ClN4O4S/c1-14-8-9-21(26-12-14)29-23(31)15-6-4-5-7-17(15)28-24(29)34-13-22(30)27-18-10-16(25)19(32-2)11-20(18)33-3/h4-12H,13H2,1-3H3,(H,27,30). The van der Waals surface area contributed by atoms with E-state index in [1.165, 1.54) is 18.8 Å². The summed E-state index contributed by atoms with van der Waals surface area (Å²) in [7, 11) is 2.98. The van der Waals surface area contributed by atoms with Crippen LogP contribution in [0.1, 0.15) is 5.56 Å². The van der Waals surface area contributed by atoms with Crippen molar-refractivity contribution < 1.29 is 14.3 Å². The summed E-state index contributed by atoms with van der Waals surface area (Å²) in [6.07, 6.45) is 1.68. The van der Waals surface area contributed by atoms with E-state index in [1.54, 1.807) is 42.6 Å². The van der Waals surface area contributed by atoms with Crippen molar-refractivity contribution in [3.8, 4) is 17.3 Å². The van der Waals surface area contributed by atoms with Crippen LogP contribution in [0.15, 0.2) is 64.7 Å². The Morgan fingerprint density at radius 2 is 1.88 bits per heavy atom. The molecule has 34 heavy (non-hydrogen) atoms. The number of hydrogen-bond donors (Lipinski definition) is 1. The summed E-state index contributed by atoms with van der Waals surface area (Å²) >= 11 is 7.32. The van der Waals surface area contributed by atoms with Crippen LogP contribution in [-0.4, -0.2) is 40.4 Å². The monoisotopic (exact) mass is 496 g/mol. The first kappa shape index (κ1) is 23.6. The lowest BCUT2D eigenvalue weighted by Gasteiger charge is -2.14. The van der Waals surface area contributed by atoms with Gasteiger partial charge in [-0.1, -0.05) is 41.6 Å². The molecule has 4 rings (SSSR count). The number of ether oxygens (including phenoxy) is 2. The van der Waals surface area contributed by atoms with Crippen LogP contribution in [-0.2, 0) is 4.79 Å². The van der Waals surface area contributed by atoms with E-state index < -0.39 is 0 Å². The predicted molar refractivity (Wildman–Crippen MR) is 134 cm³/mol. The number of nitrogens with zero attached hydrogens (tertiary/aromatic N) is 3. The summed E-state index contributed by atoms with van der Waals surface area (Å²) in [5.41, 5.74) is 1.66. The number of para-hydroxylation sites is 1. The molecular formula is C24H21ClN4O4S. The number of methoxy groups -OCH3 is 2. The summed E-state index contributed by atoms with van der Waals surface area (Å²) < 4.78 is 11.9. The number of rotatable bonds is 7. The molecule has 174 valence electrons. The van der Waals surface area contributed by atoms with Gasteiger partial charge in [-0.05, 0) is 36.8 Å². The van der Waals surface area contributed by atoms with E-state index in [0.29, 0.717) is 44.1 Å². The highest BCUT2D eigenvalue weighted by molar-refractivity contribution is 7.99. The van der Waals surface area contributed by atoms with Gasteiger partial charge in [0, 0.05) is 12.3 Å². The Labute approximate surface area is 204 Å². The molecule has 10 heteroatoms. The van der Waals surface area contributed by atoms with Crippen LogP contribution in [0.2, 0.25) is 5.02 Å². The number of anilines is 1. The Bertz CT molecular complexity index is 1420. The van der Waals surface area contributed by atoms with Gasteiger partial charge in [-0.2, -0.15) is 0 Å². The average Bonchev–Trinajstić information content (AvgIpc) is 2.84. The summed E-state index contributed by atoms with van der Waals surface area (Å²) in [5, 5.41) is 3.95. The lowest BCUT2D eigenvalue weighted by Crippen LogP contribution is -2.23. The molecule has 0 saturated carbocycles. The van der Waals surface area contributed by atoms with Crippen LogP contribution in [0.25, 0.3) is 16.7 Å². The number of benzene rings is 2. The predicted octanol–water partition coefficient (Wildman–Crippen LogP) is 4.49. The highest BCUT2D eigenvalue weighted by Crippen LogP contribution is 2.36. The number of amides is 1. The summed E-state index contributed by atoms with van der Waals surface area (Å²) in [5.74, 6) is 0.935. The van der Waals surface area contributed by atoms with Crippen molar-refractivity contribution in [2.45, 2.75) is 12.1 Å². The normalized spacial score (nSPS) is 10.8. The van der Waals surface area contributed by atoms with Gasteiger partial charge in [-0.15, -0.1) is 0 Å². The van der Waals surface area contributed by atoms with E-state index in [-0.39, 0.29) is 17.2 Å². The number of carbonyl (C=O) groups is 1. The fourth-order valence-electron chi connectivity index (χ4n) is 3.28. The van der Waals surface area contributed by atoms with Crippen LogP contribution in [0, 0.1) is 6.92 Å². The smallest absolute Gasteiger partial charge is 0.267 e. The lowest BCUT2D eigenvalue weighted by molar-refractivity contribution is -0.113. The van der Waals surface area contributed by atoms with Gasteiger partial charge in [0.05, 0.1) is 41.6 Å². The Morgan fingerprint density at radius 3 is 2.59 bits per heavy atom. The Kier molecular flexibility index (Phi) is 7.04. The fraction of sp³-hybridized carbons (Fsp3) is 0.167. The maximum atomic E-state index is 13.3. The van der Waals surface area contributed by atoms with Crippen LogP contribution >= 0.6 is 23.4 Å². The minimum absolute atomic E-state index is 0.0105. The third-order valence-electron chi connectivity index (χ3n) is 4.95. The second-order valence-corrected chi connectivity index (χ2v) is 8.62. The van der Waals surface area contributed by atoms with Crippen molar-refractivity contribution in [3.63, 3.8) is 0 Å². The molecule has 1 amide bonds. The molecule has 8 nitrogen and oxygen atoms in total. The van der Waals surface area contributed by atoms with E-state index in [9.17, 15) is 9.59 Å². The first-order valence-electron chi connectivity index (χ1n) is 10.2. The molecule has 2 heterocycles. The minimum atomic E-state index is -0.324. The fourth-order valence-corrected chi connectivity index (χ4v) is 4.32. The van der Waals surface area contributed by atoms with Crippen molar-refractivity contribution in [3.05, 3.63) is 75.7 Å². The molecule has 0 aliphatic rings. The highest BCUT2D eigenvalue weighted by Gasteiger charge is 2.17. The Balaban J connectivity index is 1.64. The van der Waals surface area contributed by atoms with E-state index in [2.05, 4.69) is 15.3 Å². The third kappa shape index (κ3) is 4.85. The molecular weight excluding hydrogens is 476 g/mol. The number of aromatic nitrogens is 3. The molecule has 0 fully saturated rings. The zero-order valence-electron chi connectivity index (χ0n) is 18.7. The van der Waals surface area contributed by atoms with E-state index >= 15 is 0 Å². The number of carbonyl (C=O) groups excluding carboxylic acids is 1. The van der Waals surface area contributed by atoms with E-state index in [1.807, 2.05) is 19.1 Å². The number of fused-ring (bicyclic) bond motifs is 1. The molecule has 0 spiro atoms. The Hall–Kier alpha value is -3.56. The van der Waals surface area contributed by atoms with Crippen LogP contribution in [0.5, 0.6) is 11.5 Å². The van der Waals surface area contributed by atoms with Gasteiger partial charge in [0.15, 0.2) is 5.16 Å². The zero-order chi connectivity index (χ0) is 24.2. The number of thioether (sulfide) groups is 1. The van der Waals surface area contributed by atoms with E-state index in [0.717, 1.165) is 17.3 Å². The average molecular weight is 497 g/mol. The molecule has 2 aromatic heterocycles. The molecule has 0 bridgehead atoms. The molecule has 0 aliphatic carbocycles. The number of nitrogens with one attached hydrogen (secondary N) is 1. The third-order valence-corrected chi connectivity index (χ3v) is 6.18. The lowest BCUT2D eigenvalue weighted by atomic mass is 10.2. The van der Waals surface area contributed by atoms with Crippen molar-refractivity contribution in [2.75, 3.05) is 25.3 Å². The SMILES string of the molecule is COc1cc(OC)c(NC(=O)CSc2nc3ccccc3c(=O)n2-c2ccc(C)cn2)cc1Cl. The molecule has 0 saturated heterocycles. The summed E-state index contributed by atoms with van der Waals surface area (Å²) in [4.78, 5) is 35.1. The molecule has 0 atom stereocenters. The largest absolute Gasteiger partial charge is 0.495 e. The maximum absolute atomic E-state index is 13.3. The summed E-state index contributed by atoms with van der Waals surface area (Å²) in [6.45, 7) is 1.91. The van der Waals surface area contributed by atoms with Gasteiger partial charge in [0.1, 0.15) is 17.3 Å². The second-order valence-electron chi connectivity index (χ2n) is 7.27. The van der Waals surface area contributed by atoms with Gasteiger partial charge in [-0.25, -0.2) is 14.5 Å². The minimum Gasteiger partial charge on any atom is -0.495 e. The topological polar surface area (TPSA) is 95.3 Å². The van der Waals surface area contributed by atoms with E-state index in [4.69, 9.17) is 21.1 Å². The van der Waals surface area contributed by atoms with Crippen molar-refractivity contribution in [1.29, 1.82) is 0 Å². The van der Waals surface area contributed by atoms with Gasteiger partial charge < -0.3 is 14.8 Å². The van der Waals surface area contributed by atoms with Gasteiger partial charge >= 0.3 is 0 Å². The number of halogens is 1. The number of pyridine rings is 1. The molecule has 0 aliphatic heterocycles. The first-order valence-corrected chi connectivity index (χ1v) is 11.6. The Morgan fingerprint density at radius 1 is 1.12 bits per heavy atom. The van der Waals surface area contributed by atoms with Crippen molar-refractivity contribution in [1.82, 2.24) is 14.5 Å². The molecule has 4 aromatic rings. The second kappa shape index (κ2) is 10.1. The van der Waals surface area contributed by atoms with Crippen LogP contribution in [0.4, 0.5) is 5.69 Å². The van der Waals surface area contributed by atoms with Crippen molar-refractivity contribution >= 4 is 45.9 Å². The van der Waals surface area contributed by atoms with Gasteiger partial charge in [0.2, 0.25) is 5.91 Å².